The van der Waals surface area contributed by atoms with Gasteiger partial charge in [0.05, 0.1) is 11.4 Å². The van der Waals surface area contributed by atoms with Gasteiger partial charge in [-0.15, -0.1) is 0 Å². The van der Waals surface area contributed by atoms with Crippen LogP contribution in [-0.4, -0.2) is 9.78 Å². The van der Waals surface area contributed by atoms with E-state index < -0.39 is 0 Å². The lowest BCUT2D eigenvalue weighted by Crippen LogP contribution is -1.94. The standard InChI is InChI=1S/C10H8ClN2/c1-8-5-6-13(12-8)10-4-2-3-9(11)7-10/h2-7H,1H2. The van der Waals surface area contributed by atoms with Gasteiger partial charge < -0.3 is 0 Å². The van der Waals surface area contributed by atoms with Crippen LogP contribution in [0.3, 0.4) is 0 Å². The molecule has 0 aliphatic rings. The van der Waals surface area contributed by atoms with Gasteiger partial charge in [0.25, 0.3) is 0 Å². The van der Waals surface area contributed by atoms with Crippen LogP contribution >= 0.6 is 11.6 Å². The summed E-state index contributed by atoms with van der Waals surface area (Å²) < 4.78 is 1.74. The summed E-state index contributed by atoms with van der Waals surface area (Å²) in [4.78, 5) is 0. The predicted molar refractivity (Wildman–Crippen MR) is 53.0 cm³/mol. The van der Waals surface area contributed by atoms with Crippen LogP contribution in [0.2, 0.25) is 5.02 Å². The lowest BCUT2D eigenvalue weighted by atomic mass is 10.3. The Kier molecular flexibility index (Phi) is 2.07. The van der Waals surface area contributed by atoms with Gasteiger partial charge in [0.15, 0.2) is 0 Å². The molecule has 0 unspecified atom stereocenters. The van der Waals surface area contributed by atoms with Crippen LogP contribution in [0.5, 0.6) is 0 Å². The molecule has 1 aromatic heterocycles. The highest BCUT2D eigenvalue weighted by atomic mass is 35.5. The van der Waals surface area contributed by atoms with Crippen LogP contribution in [-0.2, 0) is 0 Å². The first-order valence-corrected chi connectivity index (χ1v) is 4.27. The average Bonchev–Trinajstić information content (AvgIpc) is 2.52. The maximum atomic E-state index is 5.84. The zero-order valence-corrected chi connectivity index (χ0v) is 7.70. The molecule has 0 N–H and O–H groups in total. The molecule has 0 spiro atoms. The number of hydrogen-bond acceptors (Lipinski definition) is 1. The summed E-state index contributed by atoms with van der Waals surface area (Å²) in [6, 6.07) is 9.37. The summed E-state index contributed by atoms with van der Waals surface area (Å²) in [6.07, 6.45) is 1.86. The number of aromatic nitrogens is 2. The normalized spacial score (nSPS) is 10.3. The van der Waals surface area contributed by atoms with Crippen molar-refractivity contribution in [2.24, 2.45) is 0 Å². The predicted octanol–water partition coefficient (Wildman–Crippen LogP) is 2.71. The van der Waals surface area contributed by atoms with Crippen molar-refractivity contribution in [2.75, 3.05) is 0 Å². The fourth-order valence-electron chi connectivity index (χ4n) is 1.12. The first-order chi connectivity index (χ1) is 6.25. The van der Waals surface area contributed by atoms with Crippen LogP contribution in [0.25, 0.3) is 5.69 Å². The van der Waals surface area contributed by atoms with Crippen molar-refractivity contribution >= 4 is 11.6 Å². The van der Waals surface area contributed by atoms with Crippen LogP contribution < -0.4 is 0 Å². The molecular formula is C10H8ClN2. The Morgan fingerprint density at radius 3 is 2.77 bits per heavy atom. The largest absolute Gasteiger partial charge is 0.241 e. The molecule has 3 heteroatoms. The molecule has 1 aromatic carbocycles. The minimum atomic E-state index is 0.707. The summed E-state index contributed by atoms with van der Waals surface area (Å²) in [5.74, 6) is 0. The lowest BCUT2D eigenvalue weighted by Gasteiger charge is -2.00. The Bertz CT molecular complexity index is 420. The molecule has 0 aliphatic carbocycles. The maximum Gasteiger partial charge on any atom is 0.0660 e. The monoisotopic (exact) mass is 191 g/mol. The van der Waals surface area contributed by atoms with Crippen LogP contribution in [0, 0.1) is 6.92 Å². The molecule has 2 rings (SSSR count). The van der Waals surface area contributed by atoms with E-state index in [1.165, 1.54) is 0 Å². The van der Waals surface area contributed by atoms with Gasteiger partial charge in [-0.25, -0.2) is 4.68 Å². The van der Waals surface area contributed by atoms with Gasteiger partial charge in [0, 0.05) is 11.2 Å². The molecule has 0 fully saturated rings. The van der Waals surface area contributed by atoms with Crippen molar-refractivity contribution in [3.05, 3.63) is 54.2 Å². The molecule has 13 heavy (non-hydrogen) atoms. The van der Waals surface area contributed by atoms with Crippen molar-refractivity contribution in [1.29, 1.82) is 0 Å². The highest BCUT2D eigenvalue weighted by molar-refractivity contribution is 6.30. The molecule has 2 aromatic rings. The zero-order chi connectivity index (χ0) is 9.26. The SMILES string of the molecule is [CH2]c1ccn(-c2cccc(Cl)c2)n1. The van der Waals surface area contributed by atoms with Gasteiger partial charge in [0.1, 0.15) is 0 Å². The zero-order valence-electron chi connectivity index (χ0n) is 6.94. The third kappa shape index (κ3) is 1.73. The van der Waals surface area contributed by atoms with E-state index in [1.54, 1.807) is 4.68 Å². The Labute approximate surface area is 81.8 Å². The third-order valence-corrected chi connectivity index (χ3v) is 1.95. The molecule has 0 bridgehead atoms. The number of rotatable bonds is 1. The molecule has 2 nitrogen and oxygen atoms in total. The minimum Gasteiger partial charge on any atom is -0.241 e. The molecule has 1 heterocycles. The van der Waals surface area contributed by atoms with E-state index in [0.29, 0.717) is 5.02 Å². The average molecular weight is 192 g/mol. The van der Waals surface area contributed by atoms with Gasteiger partial charge in [-0.3, -0.25) is 0 Å². The smallest absolute Gasteiger partial charge is 0.0660 e. The van der Waals surface area contributed by atoms with Crippen molar-refractivity contribution in [3.8, 4) is 5.69 Å². The van der Waals surface area contributed by atoms with Gasteiger partial charge in [0.2, 0.25) is 0 Å². The molecule has 0 saturated carbocycles. The van der Waals surface area contributed by atoms with Crippen LogP contribution in [0.1, 0.15) is 5.69 Å². The Hall–Kier alpha value is -1.28. The molecule has 0 aliphatic heterocycles. The number of hydrogen-bond donors (Lipinski definition) is 0. The topological polar surface area (TPSA) is 17.8 Å². The van der Waals surface area contributed by atoms with Gasteiger partial charge in [-0.05, 0) is 31.2 Å². The number of halogens is 1. The van der Waals surface area contributed by atoms with E-state index in [9.17, 15) is 0 Å². The molecule has 0 amide bonds. The number of nitrogens with zero attached hydrogens (tertiary/aromatic N) is 2. The highest BCUT2D eigenvalue weighted by Gasteiger charge is 1.97. The summed E-state index contributed by atoms with van der Waals surface area (Å²) in [6.45, 7) is 3.72. The molecule has 0 atom stereocenters. The summed E-state index contributed by atoms with van der Waals surface area (Å²) >= 11 is 5.84. The van der Waals surface area contributed by atoms with E-state index in [-0.39, 0.29) is 0 Å². The van der Waals surface area contributed by atoms with E-state index in [4.69, 9.17) is 11.6 Å². The number of benzene rings is 1. The second-order valence-electron chi connectivity index (χ2n) is 2.73. The fraction of sp³-hybridized carbons (Fsp3) is 0. The minimum absolute atomic E-state index is 0.707. The van der Waals surface area contributed by atoms with Crippen molar-refractivity contribution in [2.45, 2.75) is 0 Å². The van der Waals surface area contributed by atoms with E-state index in [0.717, 1.165) is 11.4 Å². The summed E-state index contributed by atoms with van der Waals surface area (Å²) in [7, 11) is 0. The summed E-state index contributed by atoms with van der Waals surface area (Å²) in [5, 5.41) is 4.88. The molecular weight excluding hydrogens is 184 g/mol. The van der Waals surface area contributed by atoms with Crippen molar-refractivity contribution in [3.63, 3.8) is 0 Å². The van der Waals surface area contributed by atoms with Crippen LogP contribution in [0.15, 0.2) is 36.5 Å². The Morgan fingerprint density at radius 1 is 1.31 bits per heavy atom. The van der Waals surface area contributed by atoms with E-state index in [2.05, 4.69) is 12.0 Å². The lowest BCUT2D eigenvalue weighted by molar-refractivity contribution is 0.872. The maximum absolute atomic E-state index is 5.84. The van der Waals surface area contributed by atoms with E-state index in [1.807, 2.05) is 36.5 Å². The van der Waals surface area contributed by atoms with Crippen molar-refractivity contribution < 1.29 is 0 Å². The van der Waals surface area contributed by atoms with Crippen molar-refractivity contribution in [1.82, 2.24) is 9.78 Å². The summed E-state index contributed by atoms with van der Waals surface area (Å²) in [5.41, 5.74) is 1.70. The third-order valence-electron chi connectivity index (χ3n) is 1.72. The van der Waals surface area contributed by atoms with Gasteiger partial charge in [-0.2, -0.15) is 5.10 Å². The quantitative estimate of drug-likeness (QED) is 0.678. The van der Waals surface area contributed by atoms with E-state index >= 15 is 0 Å². The fourth-order valence-corrected chi connectivity index (χ4v) is 1.31. The van der Waals surface area contributed by atoms with Gasteiger partial charge in [-0.1, -0.05) is 17.7 Å². The second kappa shape index (κ2) is 3.23. The first-order valence-electron chi connectivity index (χ1n) is 3.89. The second-order valence-corrected chi connectivity index (χ2v) is 3.17. The van der Waals surface area contributed by atoms with Gasteiger partial charge >= 0.3 is 0 Å². The van der Waals surface area contributed by atoms with Crippen LogP contribution in [0.4, 0.5) is 0 Å². The molecule has 1 radical (unpaired) electrons. The Morgan fingerprint density at radius 2 is 2.15 bits per heavy atom. The molecule has 0 saturated heterocycles. The molecule has 65 valence electrons. The first kappa shape index (κ1) is 8.32. The highest BCUT2D eigenvalue weighted by Crippen LogP contribution is 2.13. The Balaban J connectivity index is 2.46.